The van der Waals surface area contributed by atoms with E-state index < -0.39 is 0 Å². The highest BCUT2D eigenvalue weighted by Crippen LogP contribution is 2.47. The van der Waals surface area contributed by atoms with Crippen LogP contribution in [0.15, 0.2) is 36.9 Å². The van der Waals surface area contributed by atoms with E-state index in [1.54, 1.807) is 10.9 Å². The van der Waals surface area contributed by atoms with Gasteiger partial charge < -0.3 is 10.1 Å². The summed E-state index contributed by atoms with van der Waals surface area (Å²) in [6.07, 6.45) is 10.1. The second kappa shape index (κ2) is 6.36. The summed E-state index contributed by atoms with van der Waals surface area (Å²) in [4.78, 5) is 16.8. The molecule has 4 rings (SSSR count). The number of aromatic nitrogens is 3. The number of hydrogen-bond donors (Lipinski definition) is 1. The van der Waals surface area contributed by atoms with E-state index in [4.69, 9.17) is 4.74 Å². The normalized spacial score (nSPS) is 29.2. The fraction of sp³-hybridized carbons (Fsp3) is 0.500. The van der Waals surface area contributed by atoms with Crippen LogP contribution in [0.2, 0.25) is 0 Å². The van der Waals surface area contributed by atoms with Gasteiger partial charge >= 0.3 is 0 Å². The highest BCUT2D eigenvalue weighted by Gasteiger charge is 2.45. The van der Waals surface area contributed by atoms with Gasteiger partial charge in [-0.2, -0.15) is 5.10 Å². The Morgan fingerprint density at radius 2 is 2.29 bits per heavy atom. The third kappa shape index (κ3) is 3.06. The Balaban J connectivity index is 1.41. The second-order valence-electron chi connectivity index (χ2n) is 6.73. The van der Waals surface area contributed by atoms with Crippen molar-refractivity contribution >= 4 is 5.91 Å². The van der Waals surface area contributed by atoms with Crippen molar-refractivity contribution in [2.24, 2.45) is 13.0 Å². The zero-order chi connectivity index (χ0) is 16.5. The van der Waals surface area contributed by atoms with Crippen molar-refractivity contribution in [2.75, 3.05) is 6.61 Å². The van der Waals surface area contributed by atoms with Crippen molar-refractivity contribution in [3.63, 3.8) is 0 Å². The molecule has 0 unspecified atom stereocenters. The van der Waals surface area contributed by atoms with Gasteiger partial charge in [0.15, 0.2) is 0 Å². The molecular formula is C18H22N4O2. The van der Waals surface area contributed by atoms with E-state index in [-0.39, 0.29) is 24.0 Å². The zero-order valence-electron chi connectivity index (χ0n) is 13.8. The fourth-order valence-corrected chi connectivity index (χ4v) is 3.58. The van der Waals surface area contributed by atoms with E-state index in [1.165, 1.54) is 0 Å². The van der Waals surface area contributed by atoms with Gasteiger partial charge in [-0.1, -0.05) is 6.07 Å². The molecule has 6 heteroatoms. The van der Waals surface area contributed by atoms with Gasteiger partial charge in [-0.15, -0.1) is 0 Å². The fourth-order valence-electron chi connectivity index (χ4n) is 3.58. The van der Waals surface area contributed by atoms with Crippen LogP contribution in [0.3, 0.4) is 0 Å². The molecule has 3 heterocycles. The molecule has 1 saturated carbocycles. The van der Waals surface area contributed by atoms with Crippen molar-refractivity contribution in [2.45, 2.75) is 37.3 Å². The number of nitrogens with one attached hydrogen (secondary N) is 1. The standard InChI is InChI=1S/C18H22N4O2/c1-22-11-13(10-20-22)17-16(5-3-7-24-17)21-18(23)15-8-14(15)12-4-2-6-19-9-12/h2,4,6,9-11,14-17H,3,5,7-8H2,1H3,(H,21,23)/t14-,15+,16-,17+/m0/s1. The molecule has 0 aromatic carbocycles. The van der Waals surface area contributed by atoms with Crippen LogP contribution in [0.5, 0.6) is 0 Å². The predicted molar refractivity (Wildman–Crippen MR) is 88.2 cm³/mol. The van der Waals surface area contributed by atoms with Crippen molar-refractivity contribution in [1.29, 1.82) is 0 Å². The Labute approximate surface area is 141 Å². The first-order valence-corrected chi connectivity index (χ1v) is 8.53. The van der Waals surface area contributed by atoms with Gasteiger partial charge in [0.25, 0.3) is 0 Å². The Bertz CT molecular complexity index is 715. The molecule has 2 aromatic heterocycles. The number of aryl methyl sites for hydroxylation is 1. The predicted octanol–water partition coefficient (Wildman–Crippen LogP) is 1.96. The average Bonchev–Trinajstić information content (AvgIpc) is 3.31. The Morgan fingerprint density at radius 3 is 3.04 bits per heavy atom. The van der Waals surface area contributed by atoms with E-state index in [2.05, 4.69) is 15.4 Å². The molecule has 1 N–H and O–H groups in total. The highest BCUT2D eigenvalue weighted by molar-refractivity contribution is 5.83. The van der Waals surface area contributed by atoms with Gasteiger partial charge in [0.05, 0.1) is 12.2 Å². The molecule has 0 radical (unpaired) electrons. The summed E-state index contributed by atoms with van der Waals surface area (Å²) < 4.78 is 7.69. The average molecular weight is 326 g/mol. The molecule has 1 aliphatic carbocycles. The lowest BCUT2D eigenvalue weighted by Gasteiger charge is -2.32. The topological polar surface area (TPSA) is 69.0 Å². The van der Waals surface area contributed by atoms with Crippen LogP contribution in [-0.4, -0.2) is 33.3 Å². The van der Waals surface area contributed by atoms with Crippen LogP contribution in [0.1, 0.15) is 42.4 Å². The molecule has 6 nitrogen and oxygen atoms in total. The van der Waals surface area contributed by atoms with Crippen molar-refractivity contribution in [3.8, 4) is 0 Å². The maximum absolute atomic E-state index is 12.6. The first-order valence-electron chi connectivity index (χ1n) is 8.53. The summed E-state index contributed by atoms with van der Waals surface area (Å²) >= 11 is 0. The highest BCUT2D eigenvalue weighted by atomic mass is 16.5. The van der Waals surface area contributed by atoms with Crippen molar-refractivity contribution < 1.29 is 9.53 Å². The summed E-state index contributed by atoms with van der Waals surface area (Å²) in [5.74, 6) is 0.499. The molecule has 2 fully saturated rings. The minimum Gasteiger partial charge on any atom is -0.371 e. The molecule has 2 aromatic rings. The van der Waals surface area contributed by atoms with Gasteiger partial charge in [-0.05, 0) is 36.8 Å². The van der Waals surface area contributed by atoms with Gasteiger partial charge in [0, 0.05) is 43.7 Å². The number of amides is 1. The third-order valence-corrected chi connectivity index (χ3v) is 4.94. The van der Waals surface area contributed by atoms with E-state index in [1.807, 2.05) is 37.8 Å². The maximum atomic E-state index is 12.6. The van der Waals surface area contributed by atoms with E-state index in [0.717, 1.165) is 37.0 Å². The number of rotatable bonds is 4. The minimum atomic E-state index is -0.105. The Morgan fingerprint density at radius 1 is 1.38 bits per heavy atom. The third-order valence-electron chi connectivity index (χ3n) is 4.94. The molecule has 0 bridgehead atoms. The smallest absolute Gasteiger partial charge is 0.224 e. The first-order chi connectivity index (χ1) is 11.7. The molecule has 1 amide bonds. The Kier molecular flexibility index (Phi) is 4.06. The van der Waals surface area contributed by atoms with Crippen LogP contribution in [0.25, 0.3) is 0 Å². The number of carbonyl (C=O) groups is 1. The second-order valence-corrected chi connectivity index (χ2v) is 6.73. The molecule has 126 valence electrons. The molecule has 4 atom stereocenters. The number of ether oxygens (including phenoxy) is 1. The summed E-state index contributed by atoms with van der Waals surface area (Å²) in [5, 5.41) is 7.44. The summed E-state index contributed by atoms with van der Waals surface area (Å²) in [7, 11) is 1.89. The molecular weight excluding hydrogens is 304 g/mol. The van der Waals surface area contributed by atoms with E-state index in [0.29, 0.717) is 5.92 Å². The van der Waals surface area contributed by atoms with Crippen molar-refractivity contribution in [1.82, 2.24) is 20.1 Å². The van der Waals surface area contributed by atoms with E-state index in [9.17, 15) is 4.79 Å². The quantitative estimate of drug-likeness (QED) is 0.932. The first kappa shape index (κ1) is 15.3. The number of nitrogens with zero attached hydrogens (tertiary/aromatic N) is 3. The SMILES string of the molecule is Cn1cc([C@H]2OCCC[C@@H]2NC(=O)[C@@H]2C[C@H]2c2cccnc2)cn1. The molecule has 2 aliphatic rings. The lowest BCUT2D eigenvalue weighted by molar-refractivity contribution is -0.125. The number of pyridine rings is 1. The van der Waals surface area contributed by atoms with Crippen LogP contribution in [0.4, 0.5) is 0 Å². The number of hydrogen-bond acceptors (Lipinski definition) is 4. The molecule has 24 heavy (non-hydrogen) atoms. The van der Waals surface area contributed by atoms with Gasteiger partial charge in [-0.3, -0.25) is 14.5 Å². The molecule has 0 spiro atoms. The summed E-state index contributed by atoms with van der Waals surface area (Å²) in [5.41, 5.74) is 2.18. The van der Waals surface area contributed by atoms with Crippen molar-refractivity contribution in [3.05, 3.63) is 48.0 Å². The summed E-state index contributed by atoms with van der Waals surface area (Å²) in [6, 6.07) is 3.99. The lowest BCUT2D eigenvalue weighted by atomic mass is 9.97. The van der Waals surface area contributed by atoms with Gasteiger partial charge in [-0.25, -0.2) is 0 Å². The number of carbonyl (C=O) groups excluding carboxylic acids is 1. The van der Waals surface area contributed by atoms with Crippen LogP contribution < -0.4 is 5.32 Å². The van der Waals surface area contributed by atoms with Crippen LogP contribution >= 0.6 is 0 Å². The van der Waals surface area contributed by atoms with Gasteiger partial charge in [0.2, 0.25) is 5.91 Å². The van der Waals surface area contributed by atoms with Gasteiger partial charge in [0.1, 0.15) is 6.10 Å². The maximum Gasteiger partial charge on any atom is 0.224 e. The lowest BCUT2D eigenvalue weighted by Crippen LogP contribution is -2.43. The minimum absolute atomic E-state index is 0.0191. The van der Waals surface area contributed by atoms with E-state index >= 15 is 0 Å². The largest absolute Gasteiger partial charge is 0.371 e. The Hall–Kier alpha value is -2.21. The summed E-state index contributed by atoms with van der Waals surface area (Å²) in [6.45, 7) is 0.730. The zero-order valence-corrected chi connectivity index (χ0v) is 13.8. The molecule has 1 saturated heterocycles. The molecule has 1 aliphatic heterocycles. The van der Waals surface area contributed by atoms with Crippen LogP contribution in [0, 0.1) is 5.92 Å². The van der Waals surface area contributed by atoms with Crippen LogP contribution in [-0.2, 0) is 16.6 Å². The monoisotopic (exact) mass is 326 g/mol.